The van der Waals surface area contributed by atoms with Crippen molar-refractivity contribution < 1.29 is 14.7 Å². The fraction of sp³-hybridized carbons (Fsp3) is 0.526. The zero-order valence-electron chi connectivity index (χ0n) is 14.1. The van der Waals surface area contributed by atoms with Gasteiger partial charge in [0.1, 0.15) is 0 Å². The number of likely N-dealkylation sites (tertiary alicyclic amines) is 1. The number of aliphatic carboxylic acids is 1. The molecule has 0 spiro atoms. The minimum Gasteiger partial charge on any atom is -0.481 e. The molecule has 1 saturated carbocycles. The van der Waals surface area contributed by atoms with Crippen molar-refractivity contribution in [2.75, 3.05) is 13.1 Å². The van der Waals surface area contributed by atoms with Gasteiger partial charge in [0, 0.05) is 19.5 Å². The van der Waals surface area contributed by atoms with E-state index in [1.165, 1.54) is 0 Å². The minimum absolute atomic E-state index is 0.0463. The molecule has 25 heavy (non-hydrogen) atoms. The van der Waals surface area contributed by atoms with Gasteiger partial charge in [-0.2, -0.15) is 5.26 Å². The van der Waals surface area contributed by atoms with E-state index in [0.29, 0.717) is 25.8 Å². The van der Waals surface area contributed by atoms with E-state index in [0.717, 1.165) is 18.4 Å². The Morgan fingerprint density at radius 2 is 2.16 bits per heavy atom. The fourth-order valence-corrected chi connectivity index (χ4v) is 4.25. The smallest absolute Gasteiger partial charge is 0.317 e. The van der Waals surface area contributed by atoms with Crippen LogP contribution in [0.1, 0.15) is 43.7 Å². The van der Waals surface area contributed by atoms with E-state index in [1.807, 2.05) is 30.3 Å². The average Bonchev–Trinajstić information content (AvgIpc) is 3.17. The highest BCUT2D eigenvalue weighted by Gasteiger charge is 2.55. The molecule has 1 aromatic carbocycles. The normalized spacial score (nSPS) is 25.9. The highest BCUT2D eigenvalue weighted by Crippen LogP contribution is 2.48. The van der Waals surface area contributed by atoms with Crippen molar-refractivity contribution in [1.29, 1.82) is 5.26 Å². The van der Waals surface area contributed by atoms with Crippen LogP contribution >= 0.6 is 0 Å². The summed E-state index contributed by atoms with van der Waals surface area (Å²) in [5.41, 5.74) is 0.185. The van der Waals surface area contributed by atoms with E-state index >= 15 is 0 Å². The number of amides is 2. The molecule has 1 heterocycles. The number of nitriles is 1. The summed E-state index contributed by atoms with van der Waals surface area (Å²) in [5, 5.41) is 21.5. The molecule has 1 unspecified atom stereocenters. The third-order valence-electron chi connectivity index (χ3n) is 5.63. The van der Waals surface area contributed by atoms with Crippen LogP contribution < -0.4 is 5.32 Å². The van der Waals surface area contributed by atoms with Gasteiger partial charge < -0.3 is 15.3 Å². The summed E-state index contributed by atoms with van der Waals surface area (Å²) < 4.78 is 0. The zero-order valence-corrected chi connectivity index (χ0v) is 14.1. The van der Waals surface area contributed by atoms with E-state index in [2.05, 4.69) is 11.4 Å². The van der Waals surface area contributed by atoms with Gasteiger partial charge in [0.15, 0.2) is 0 Å². The first-order valence-electron chi connectivity index (χ1n) is 8.77. The molecule has 1 aliphatic carbocycles. The van der Waals surface area contributed by atoms with Gasteiger partial charge in [0.05, 0.1) is 17.5 Å². The molecule has 0 aromatic heterocycles. The Morgan fingerprint density at radius 1 is 1.40 bits per heavy atom. The van der Waals surface area contributed by atoms with Gasteiger partial charge >= 0.3 is 12.0 Å². The van der Waals surface area contributed by atoms with Gasteiger partial charge in [-0.3, -0.25) is 4.79 Å². The Bertz CT molecular complexity index is 685. The number of benzene rings is 1. The second-order valence-electron chi connectivity index (χ2n) is 7.04. The maximum atomic E-state index is 12.7. The van der Waals surface area contributed by atoms with Gasteiger partial charge in [-0.15, -0.1) is 0 Å². The Kier molecular flexibility index (Phi) is 4.93. The molecular formula is C19H23N3O3. The van der Waals surface area contributed by atoms with Crippen molar-refractivity contribution in [3.05, 3.63) is 35.9 Å². The van der Waals surface area contributed by atoms with Crippen LogP contribution in [-0.4, -0.2) is 35.1 Å². The summed E-state index contributed by atoms with van der Waals surface area (Å²) in [6, 6.07) is 11.2. The number of hydrogen-bond acceptors (Lipinski definition) is 3. The van der Waals surface area contributed by atoms with Crippen LogP contribution in [0.15, 0.2) is 30.3 Å². The Hall–Kier alpha value is -2.55. The molecular weight excluding hydrogens is 318 g/mol. The first-order valence-corrected chi connectivity index (χ1v) is 8.77. The largest absolute Gasteiger partial charge is 0.481 e. The van der Waals surface area contributed by atoms with Crippen LogP contribution in [0.5, 0.6) is 0 Å². The van der Waals surface area contributed by atoms with Gasteiger partial charge in [0.2, 0.25) is 0 Å². The molecule has 2 N–H and O–H groups in total. The quantitative estimate of drug-likeness (QED) is 0.861. The molecule has 2 aliphatic rings. The van der Waals surface area contributed by atoms with Crippen LogP contribution in [0, 0.1) is 22.7 Å². The number of carbonyl (C=O) groups is 2. The number of urea groups is 1. The lowest BCUT2D eigenvalue weighted by molar-refractivity contribution is -0.149. The van der Waals surface area contributed by atoms with E-state index in [9.17, 15) is 14.7 Å². The molecule has 2 amide bonds. The van der Waals surface area contributed by atoms with Gasteiger partial charge in [-0.1, -0.05) is 36.8 Å². The number of carbonyl (C=O) groups excluding carboxylic acids is 1. The average molecular weight is 341 g/mol. The molecule has 6 nitrogen and oxygen atoms in total. The summed E-state index contributed by atoms with van der Waals surface area (Å²) in [6.07, 6.45) is 3.32. The van der Waals surface area contributed by atoms with Crippen molar-refractivity contribution in [1.82, 2.24) is 10.2 Å². The Morgan fingerprint density at radius 3 is 2.80 bits per heavy atom. The molecule has 0 bridgehead atoms. The monoisotopic (exact) mass is 341 g/mol. The number of nitrogens with zero attached hydrogens (tertiary/aromatic N) is 2. The van der Waals surface area contributed by atoms with Gasteiger partial charge in [-0.25, -0.2) is 4.79 Å². The summed E-state index contributed by atoms with van der Waals surface area (Å²) in [7, 11) is 0. The van der Waals surface area contributed by atoms with Crippen LogP contribution in [0.2, 0.25) is 0 Å². The second-order valence-corrected chi connectivity index (χ2v) is 7.04. The topological polar surface area (TPSA) is 93.4 Å². The lowest BCUT2D eigenvalue weighted by Gasteiger charge is -2.25. The third kappa shape index (κ3) is 3.32. The fourth-order valence-electron chi connectivity index (χ4n) is 4.25. The van der Waals surface area contributed by atoms with E-state index in [4.69, 9.17) is 5.26 Å². The first kappa shape index (κ1) is 17.3. The molecule has 3 atom stereocenters. The molecule has 0 radical (unpaired) electrons. The highest BCUT2D eigenvalue weighted by atomic mass is 16.4. The van der Waals surface area contributed by atoms with Crippen molar-refractivity contribution in [2.24, 2.45) is 11.3 Å². The van der Waals surface area contributed by atoms with Crippen molar-refractivity contribution in [2.45, 2.75) is 38.1 Å². The Balaban J connectivity index is 1.70. The predicted octanol–water partition coefficient (Wildman–Crippen LogP) is 2.93. The van der Waals surface area contributed by atoms with E-state index < -0.39 is 11.4 Å². The van der Waals surface area contributed by atoms with Crippen molar-refractivity contribution >= 4 is 12.0 Å². The number of carboxylic acid groups (broad SMARTS) is 1. The van der Waals surface area contributed by atoms with Gasteiger partial charge in [-0.05, 0) is 30.7 Å². The van der Waals surface area contributed by atoms with Crippen molar-refractivity contribution in [3.63, 3.8) is 0 Å². The summed E-state index contributed by atoms with van der Waals surface area (Å²) in [4.78, 5) is 26.1. The Labute approximate surface area is 147 Å². The number of carboxylic acids is 1. The number of hydrogen-bond donors (Lipinski definition) is 2. The molecule has 132 valence electrons. The molecule has 1 saturated heterocycles. The molecule has 1 aliphatic heterocycles. The van der Waals surface area contributed by atoms with E-state index in [1.54, 1.807) is 4.90 Å². The molecule has 3 rings (SSSR count). The van der Waals surface area contributed by atoms with Crippen molar-refractivity contribution in [3.8, 4) is 6.07 Å². The summed E-state index contributed by atoms with van der Waals surface area (Å²) >= 11 is 0. The number of rotatable bonds is 5. The molecule has 6 heteroatoms. The molecule has 2 fully saturated rings. The number of fused-ring (bicyclic) bond motifs is 1. The van der Waals surface area contributed by atoms with Crippen LogP contribution in [0.25, 0.3) is 0 Å². The maximum absolute atomic E-state index is 12.7. The first-order chi connectivity index (χ1) is 12.1. The molecule has 1 aromatic rings. The SMILES string of the molecule is N#CCCC(NC(=O)N1C[C@@H]2CCC[C@@]2(C(=O)O)C1)c1ccccc1. The zero-order chi connectivity index (χ0) is 17.9. The van der Waals surface area contributed by atoms with Crippen LogP contribution in [0.3, 0.4) is 0 Å². The summed E-state index contributed by atoms with van der Waals surface area (Å²) in [6.45, 7) is 0.774. The lowest BCUT2D eigenvalue weighted by atomic mass is 9.81. The standard InChI is InChI=1S/C19H23N3O3/c20-11-5-9-16(14-6-2-1-3-7-14)21-18(25)22-12-15-8-4-10-19(15,13-22)17(23)24/h1-3,6-7,15-16H,4-5,8-10,12-13H2,(H,21,25)(H,23,24)/t15-,16?,19+/m0/s1. The predicted molar refractivity (Wildman–Crippen MR) is 91.5 cm³/mol. The van der Waals surface area contributed by atoms with E-state index in [-0.39, 0.29) is 24.5 Å². The number of nitrogens with one attached hydrogen (secondary N) is 1. The minimum atomic E-state index is -0.783. The summed E-state index contributed by atoms with van der Waals surface area (Å²) in [5.74, 6) is -0.737. The van der Waals surface area contributed by atoms with Gasteiger partial charge in [0.25, 0.3) is 0 Å². The third-order valence-corrected chi connectivity index (χ3v) is 5.63. The second kappa shape index (κ2) is 7.14. The lowest BCUT2D eigenvalue weighted by Crippen LogP contribution is -2.43. The maximum Gasteiger partial charge on any atom is 0.317 e. The van der Waals surface area contributed by atoms with Crippen LogP contribution in [-0.2, 0) is 4.79 Å². The van der Waals surface area contributed by atoms with Crippen LogP contribution in [0.4, 0.5) is 4.79 Å². The highest BCUT2D eigenvalue weighted by molar-refractivity contribution is 5.80.